The molecule has 2 N–H and O–H groups in total. The lowest BCUT2D eigenvalue weighted by Gasteiger charge is -2.36. The van der Waals surface area contributed by atoms with Gasteiger partial charge in [-0.1, -0.05) is 0 Å². The first-order valence-electron chi connectivity index (χ1n) is 5.71. The van der Waals surface area contributed by atoms with Crippen molar-refractivity contribution in [3.05, 3.63) is 0 Å². The Morgan fingerprint density at radius 3 is 2.71 bits per heavy atom. The van der Waals surface area contributed by atoms with Gasteiger partial charge in [-0.3, -0.25) is 0 Å². The van der Waals surface area contributed by atoms with Gasteiger partial charge >= 0.3 is 6.09 Å². The van der Waals surface area contributed by atoms with E-state index in [-0.39, 0.29) is 24.5 Å². The monoisotopic (exact) mass is 266 g/mol. The van der Waals surface area contributed by atoms with Gasteiger partial charge in [-0.15, -0.1) is 12.4 Å². The molecule has 1 unspecified atom stereocenters. The highest BCUT2D eigenvalue weighted by Gasteiger charge is 2.30. The van der Waals surface area contributed by atoms with Crippen molar-refractivity contribution >= 4 is 18.5 Å². The number of rotatable bonds is 2. The minimum absolute atomic E-state index is 0. The van der Waals surface area contributed by atoms with Crippen molar-refractivity contribution in [1.82, 2.24) is 4.90 Å². The van der Waals surface area contributed by atoms with Crippen LogP contribution in [-0.2, 0) is 9.47 Å². The van der Waals surface area contributed by atoms with Crippen molar-refractivity contribution in [3.63, 3.8) is 0 Å². The van der Waals surface area contributed by atoms with Gasteiger partial charge in [0.1, 0.15) is 5.60 Å². The maximum absolute atomic E-state index is 11.9. The van der Waals surface area contributed by atoms with E-state index < -0.39 is 5.60 Å². The molecule has 1 atom stereocenters. The molecule has 5 nitrogen and oxygen atoms in total. The molecule has 0 aromatic heterocycles. The van der Waals surface area contributed by atoms with Crippen LogP contribution >= 0.6 is 12.4 Å². The van der Waals surface area contributed by atoms with Gasteiger partial charge in [-0.05, 0) is 33.7 Å². The van der Waals surface area contributed by atoms with E-state index in [1.165, 1.54) is 0 Å². The van der Waals surface area contributed by atoms with Crippen LogP contribution in [0.5, 0.6) is 0 Å². The summed E-state index contributed by atoms with van der Waals surface area (Å²) >= 11 is 0. The summed E-state index contributed by atoms with van der Waals surface area (Å²) in [6.45, 7) is 7.85. The number of ether oxygens (including phenoxy) is 2. The fraction of sp³-hybridized carbons (Fsp3) is 0.909. The summed E-state index contributed by atoms with van der Waals surface area (Å²) in [7, 11) is 0. The number of nitrogens with two attached hydrogens (primary N) is 1. The van der Waals surface area contributed by atoms with Gasteiger partial charge in [0.2, 0.25) is 0 Å². The largest absolute Gasteiger partial charge is 0.444 e. The number of hydrogen-bond acceptors (Lipinski definition) is 4. The molecule has 1 aliphatic rings. The summed E-state index contributed by atoms with van der Waals surface area (Å²) in [5.41, 5.74) is 5.06. The maximum atomic E-state index is 11.9. The molecule has 1 rings (SSSR count). The standard InChI is InChI=1S/C11H22N2O3.ClH/c1-11(2,3)16-10(14)13-6-7-15-8-9(13)4-5-12;/h9H,4-8,12H2,1-3H3;1H. The smallest absolute Gasteiger partial charge is 0.410 e. The van der Waals surface area contributed by atoms with E-state index in [1.807, 2.05) is 20.8 Å². The van der Waals surface area contributed by atoms with E-state index in [0.717, 1.165) is 6.42 Å². The molecule has 0 bridgehead atoms. The maximum Gasteiger partial charge on any atom is 0.410 e. The van der Waals surface area contributed by atoms with Crippen LogP contribution in [-0.4, -0.2) is 48.9 Å². The average Bonchev–Trinajstić information content (AvgIpc) is 2.16. The first-order valence-corrected chi connectivity index (χ1v) is 5.71. The molecule has 0 saturated carbocycles. The van der Waals surface area contributed by atoms with Crippen LogP contribution in [0.2, 0.25) is 0 Å². The van der Waals surface area contributed by atoms with Crippen LogP contribution in [0.15, 0.2) is 0 Å². The minimum atomic E-state index is -0.456. The van der Waals surface area contributed by atoms with Crippen molar-refractivity contribution in [3.8, 4) is 0 Å². The van der Waals surface area contributed by atoms with Gasteiger partial charge in [0, 0.05) is 6.54 Å². The van der Waals surface area contributed by atoms with Crippen LogP contribution in [0.4, 0.5) is 4.79 Å². The molecule has 102 valence electrons. The molecule has 0 aliphatic carbocycles. The number of carbonyl (C=O) groups excluding carboxylic acids is 1. The van der Waals surface area contributed by atoms with E-state index in [2.05, 4.69) is 0 Å². The molecule has 1 amide bonds. The summed E-state index contributed by atoms with van der Waals surface area (Å²) in [6, 6.07) is 0.0496. The summed E-state index contributed by atoms with van der Waals surface area (Å²) in [6.07, 6.45) is 0.480. The quantitative estimate of drug-likeness (QED) is 0.820. The molecule has 1 fully saturated rings. The van der Waals surface area contributed by atoms with E-state index in [9.17, 15) is 4.79 Å². The van der Waals surface area contributed by atoms with Crippen LogP contribution in [0, 0.1) is 0 Å². The second-order valence-corrected chi connectivity index (χ2v) is 4.98. The zero-order valence-electron chi connectivity index (χ0n) is 10.8. The van der Waals surface area contributed by atoms with Gasteiger partial charge in [0.25, 0.3) is 0 Å². The summed E-state index contributed by atoms with van der Waals surface area (Å²) in [5.74, 6) is 0. The minimum Gasteiger partial charge on any atom is -0.444 e. The lowest BCUT2D eigenvalue weighted by atomic mass is 10.1. The van der Waals surface area contributed by atoms with Gasteiger partial charge in [-0.2, -0.15) is 0 Å². The van der Waals surface area contributed by atoms with Crippen molar-refractivity contribution in [2.24, 2.45) is 5.73 Å². The molecule has 6 heteroatoms. The Balaban J connectivity index is 0.00000256. The number of hydrogen-bond donors (Lipinski definition) is 1. The second-order valence-electron chi connectivity index (χ2n) is 4.98. The van der Waals surface area contributed by atoms with E-state index in [1.54, 1.807) is 4.90 Å². The second kappa shape index (κ2) is 7.03. The van der Waals surface area contributed by atoms with E-state index in [4.69, 9.17) is 15.2 Å². The van der Waals surface area contributed by atoms with Crippen LogP contribution in [0.25, 0.3) is 0 Å². The summed E-state index contributed by atoms with van der Waals surface area (Å²) < 4.78 is 10.7. The molecule has 1 heterocycles. The van der Waals surface area contributed by atoms with Crippen molar-refractivity contribution in [1.29, 1.82) is 0 Å². The van der Waals surface area contributed by atoms with Crippen molar-refractivity contribution in [2.75, 3.05) is 26.3 Å². The Morgan fingerprint density at radius 2 is 2.18 bits per heavy atom. The van der Waals surface area contributed by atoms with Gasteiger partial charge in [0.05, 0.1) is 19.3 Å². The topological polar surface area (TPSA) is 64.8 Å². The molecule has 1 aliphatic heterocycles. The number of morpholine rings is 1. The average molecular weight is 267 g/mol. The molecular weight excluding hydrogens is 244 g/mol. The molecule has 1 saturated heterocycles. The molecule has 0 aromatic carbocycles. The molecular formula is C11H23ClN2O3. The third kappa shape index (κ3) is 5.57. The third-order valence-corrected chi connectivity index (χ3v) is 2.36. The molecule has 17 heavy (non-hydrogen) atoms. The summed E-state index contributed by atoms with van der Waals surface area (Å²) in [5, 5.41) is 0. The predicted octanol–water partition coefficient (Wildman–Crippen LogP) is 1.39. The highest BCUT2D eigenvalue weighted by atomic mass is 35.5. The molecule has 0 spiro atoms. The van der Waals surface area contributed by atoms with Crippen LogP contribution < -0.4 is 5.73 Å². The van der Waals surface area contributed by atoms with Crippen molar-refractivity contribution < 1.29 is 14.3 Å². The SMILES string of the molecule is CC(C)(C)OC(=O)N1CCOCC1CCN.Cl. The zero-order chi connectivity index (χ0) is 12.2. The highest BCUT2D eigenvalue weighted by Crippen LogP contribution is 2.15. The Bertz CT molecular complexity index is 241. The van der Waals surface area contributed by atoms with Gasteiger partial charge < -0.3 is 20.1 Å². The Kier molecular flexibility index (Phi) is 6.82. The van der Waals surface area contributed by atoms with E-state index in [0.29, 0.717) is 26.3 Å². The fourth-order valence-electron chi connectivity index (χ4n) is 1.65. The van der Waals surface area contributed by atoms with Crippen LogP contribution in [0.1, 0.15) is 27.2 Å². The fourth-order valence-corrected chi connectivity index (χ4v) is 1.65. The number of amides is 1. The first-order chi connectivity index (χ1) is 7.44. The normalized spacial score (nSPS) is 20.7. The van der Waals surface area contributed by atoms with Gasteiger partial charge in [-0.25, -0.2) is 4.79 Å². The molecule has 0 aromatic rings. The lowest BCUT2D eigenvalue weighted by molar-refractivity contribution is -0.0333. The highest BCUT2D eigenvalue weighted by molar-refractivity contribution is 5.85. The first kappa shape index (κ1) is 16.5. The number of halogens is 1. The van der Waals surface area contributed by atoms with Crippen LogP contribution in [0.3, 0.4) is 0 Å². The summed E-state index contributed by atoms with van der Waals surface area (Å²) in [4.78, 5) is 13.6. The predicted molar refractivity (Wildman–Crippen MR) is 68.5 cm³/mol. The Hall–Kier alpha value is -0.520. The Labute approximate surface area is 109 Å². The Morgan fingerprint density at radius 1 is 1.53 bits per heavy atom. The lowest BCUT2D eigenvalue weighted by Crippen LogP contribution is -2.50. The number of nitrogens with zero attached hydrogens (tertiary/aromatic N) is 1. The zero-order valence-corrected chi connectivity index (χ0v) is 11.6. The van der Waals surface area contributed by atoms with Crippen molar-refractivity contribution in [2.45, 2.75) is 38.8 Å². The van der Waals surface area contributed by atoms with E-state index >= 15 is 0 Å². The van der Waals surface area contributed by atoms with Gasteiger partial charge in [0.15, 0.2) is 0 Å². The third-order valence-electron chi connectivity index (χ3n) is 2.36. The number of carbonyl (C=O) groups is 1. The molecule has 0 radical (unpaired) electrons.